The number of nitrogens with zero attached hydrogens (tertiary/aromatic N) is 4. The Balaban J connectivity index is 0.000000393. The molecular formula is C70H103IN8O27P3S6+. The first-order chi connectivity index (χ1) is 54.1. The molecule has 0 aliphatic carbocycles. The topological polar surface area (TPSA) is 469 Å². The molecular weight excluding hydrogens is 1800 g/mol. The molecule has 7 rings (SSSR count). The number of alkyl carbamates (subject to hydrolysis) is 1. The van der Waals surface area contributed by atoms with Gasteiger partial charge in [0.05, 0.1) is 75.0 Å². The van der Waals surface area contributed by atoms with Crippen LogP contribution in [-0.4, -0.2) is 212 Å². The zero-order valence-electron chi connectivity index (χ0n) is 65.4. The molecule has 0 radical (unpaired) electrons. The number of carbonyl (C=O) groups excluding carboxylic acids is 4. The summed E-state index contributed by atoms with van der Waals surface area (Å²) in [7, 11) is -21.1. The maximum Gasteiger partial charge on any atom is 0.490 e. The van der Waals surface area contributed by atoms with E-state index in [9.17, 15) is 51.1 Å². The number of phosphoric acid groups is 3. The van der Waals surface area contributed by atoms with Gasteiger partial charge in [-0.3, -0.25) is 29.6 Å². The number of allylic oxidation sites excluding steroid dienone is 6. The van der Waals surface area contributed by atoms with Gasteiger partial charge < -0.3 is 73.2 Å². The molecule has 7 atom stereocenters. The summed E-state index contributed by atoms with van der Waals surface area (Å²) in [4.78, 5) is 94.1. The molecule has 115 heavy (non-hydrogen) atoms. The first-order valence-corrected chi connectivity index (χ1v) is 49.2. The molecule has 5 heterocycles. The van der Waals surface area contributed by atoms with Crippen molar-refractivity contribution in [2.45, 2.75) is 165 Å². The largest absolute Gasteiger partial charge is 0.490 e. The van der Waals surface area contributed by atoms with Gasteiger partial charge in [-0.1, -0.05) is 121 Å². The second-order valence-corrected chi connectivity index (χ2v) is 41.2. The Morgan fingerprint density at radius 1 is 0.870 bits per heavy atom. The fourth-order valence-electron chi connectivity index (χ4n) is 12.0. The van der Waals surface area contributed by atoms with Crippen LogP contribution in [0.4, 0.5) is 16.2 Å². The Morgan fingerprint density at radius 3 is 2.22 bits per heavy atom. The number of unbranched alkanes of at least 4 members (excludes halogenated alkanes) is 3. The number of aliphatic imine (C=N–C) groups is 1. The normalized spacial score (nSPS) is 19.8. The quantitative estimate of drug-likeness (QED) is 0.00352. The number of fused-ring (bicyclic) bond motifs is 3. The monoisotopic (exact) mass is 1900 g/mol. The minimum absolute atomic E-state index is 0.00753. The number of amides is 3. The number of nitrogens with one attached hydrogen (secondary N) is 4. The van der Waals surface area contributed by atoms with Crippen molar-refractivity contribution in [3.05, 3.63) is 101 Å². The standard InChI is InChI=1S/C43H59IN4O8S.C27H43N4O16P3S4.O3S/c1-7-27-55-41(50)46-25-29-54-31-30-53-28-24-45-40(49)21-13-10-16-26-48-37-23-22-33(57(51,52)56-44)32-35(37)43(5,6)39(48)20-12-9-11-19-38-42(3,4)34-17-14-15-18-36(34)47(38)8-2;1-27(2,3)53-52-16-41-11-7-8-12-42-22(32)10-6-5-9-18-14-31(24-23(18)25(33)30-26(28)29-24)21-13-19(43-17-54(4)51)20(45-21)15-44-49(37,38)47-50(39,40)46-48(34,35)36;1-4(2)3/h9,11-12,14-15,17-20,22-23,32H,7-8,10,13,16,21,24-31H2,1-6H3,(H-,45,46,49,50);14,19-21,23H,6-8,10-13,15-17H2,1-4H3,(H,37,38)(H,39,40)(H2,28,30,33)(H2,34,35,36);/p+1/t;19-,20+,21+,23?,54?;/m.0./s1. The summed E-state index contributed by atoms with van der Waals surface area (Å²) in [6.07, 6.45) is 15.5. The van der Waals surface area contributed by atoms with Crippen LogP contribution >= 0.6 is 68.1 Å². The molecule has 3 amide bonds. The van der Waals surface area contributed by atoms with E-state index in [2.05, 4.69) is 161 Å². The van der Waals surface area contributed by atoms with Crippen LogP contribution in [0.25, 0.3) is 0 Å². The Hall–Kier alpha value is -5.01. The van der Waals surface area contributed by atoms with Gasteiger partial charge in [-0.15, -0.1) is 12.6 Å². The SMILES string of the molecule is CCCOC(=O)NCCOCCOCCNC(=O)CCCCC[N+]1=C(/C=C/C=C/C=C2\N(CC)c3ccccc3C2(C)C)C(C)(C)c2cc(S(=O)(=O)OI)ccc21.CS(=S)CO[C@H]1C[C@H](N2C=C(C#CCCC(=O)OCCCCOCSSC(C)(C)C)C3C(=O)NC(=N)N=C32)O[C@@H]1COP(=O)(O)OP(=O)(O)OP(=O)(O)O.O=S(=O)=O. The number of rotatable bonds is 44. The predicted molar refractivity (Wildman–Crippen MR) is 446 cm³/mol. The van der Waals surface area contributed by atoms with E-state index in [1.165, 1.54) is 51.1 Å². The highest BCUT2D eigenvalue weighted by Crippen LogP contribution is 2.66. The third-order valence-corrected chi connectivity index (χ3v) is 26.9. The Labute approximate surface area is 701 Å². The number of esters is 1. The van der Waals surface area contributed by atoms with E-state index in [0.29, 0.717) is 78.1 Å². The summed E-state index contributed by atoms with van der Waals surface area (Å²) >= 11 is 6.60. The summed E-state index contributed by atoms with van der Waals surface area (Å²) in [6.45, 7) is 23.6. The molecule has 45 heteroatoms. The van der Waals surface area contributed by atoms with Crippen LogP contribution < -0.4 is 20.9 Å². The second-order valence-electron chi connectivity index (χ2n) is 27.6. The van der Waals surface area contributed by atoms with Gasteiger partial charge in [0.25, 0.3) is 0 Å². The van der Waals surface area contributed by atoms with Crippen LogP contribution in [0.1, 0.15) is 138 Å². The molecule has 0 bridgehead atoms. The van der Waals surface area contributed by atoms with Crippen molar-refractivity contribution in [1.82, 2.24) is 20.9 Å². The smallest absolute Gasteiger partial charge is 0.466 e. The molecule has 0 spiro atoms. The molecule has 8 N–H and O–H groups in total. The van der Waals surface area contributed by atoms with Gasteiger partial charge in [0.15, 0.2) is 5.71 Å². The zero-order chi connectivity index (χ0) is 85.4. The molecule has 1 fully saturated rings. The molecule has 0 saturated carbocycles. The number of anilines is 1. The van der Waals surface area contributed by atoms with Gasteiger partial charge in [-0.25, -0.2) is 18.5 Å². The number of hydrogen-bond acceptors (Lipinski definition) is 29. The third kappa shape index (κ3) is 34.6. The van der Waals surface area contributed by atoms with E-state index in [0.717, 1.165) is 55.6 Å². The van der Waals surface area contributed by atoms with Crippen LogP contribution in [-0.2, 0) is 129 Å². The van der Waals surface area contributed by atoms with Gasteiger partial charge in [0.2, 0.25) is 23.5 Å². The van der Waals surface area contributed by atoms with Crippen LogP contribution in [0.5, 0.6) is 0 Å². The molecule has 35 nitrogen and oxygen atoms in total. The third-order valence-electron chi connectivity index (χ3n) is 16.9. The Kier molecular flexibility index (Phi) is 42.4. The average molecular weight is 1900 g/mol. The number of benzene rings is 2. The van der Waals surface area contributed by atoms with Gasteiger partial charge in [-0.05, 0) is 100 Å². The fraction of sp³-hybridized carbons (Fsp3) is 0.586. The molecule has 4 unspecified atom stereocenters. The zero-order valence-corrected chi connectivity index (χ0v) is 75.2. The second kappa shape index (κ2) is 48.4. The van der Waals surface area contributed by atoms with Crippen molar-refractivity contribution in [2.24, 2.45) is 10.9 Å². The average Bonchev–Trinajstić information content (AvgIpc) is 1.60. The minimum Gasteiger partial charge on any atom is -0.466 e. The van der Waals surface area contributed by atoms with Gasteiger partial charge in [0, 0.05) is 103 Å². The lowest BCUT2D eigenvalue weighted by molar-refractivity contribution is -0.438. The molecule has 5 aliphatic rings. The van der Waals surface area contributed by atoms with Crippen molar-refractivity contribution >= 4 is 162 Å². The molecule has 2 aromatic rings. The lowest BCUT2D eigenvalue weighted by atomic mass is 9.81. The van der Waals surface area contributed by atoms with Crippen molar-refractivity contribution < 1.29 is 127 Å². The Morgan fingerprint density at radius 2 is 1.56 bits per heavy atom. The number of para-hydroxylation sites is 1. The van der Waals surface area contributed by atoms with Crippen molar-refractivity contribution in [3.63, 3.8) is 0 Å². The number of guanidine groups is 1. The van der Waals surface area contributed by atoms with Gasteiger partial charge >= 0.3 is 56.3 Å². The molecule has 5 aliphatic heterocycles. The highest BCUT2D eigenvalue weighted by Gasteiger charge is 2.50. The van der Waals surface area contributed by atoms with Crippen molar-refractivity contribution in [1.29, 1.82) is 5.41 Å². The summed E-state index contributed by atoms with van der Waals surface area (Å²) in [5.74, 6) is 3.99. The first-order valence-electron chi connectivity index (χ1n) is 36.3. The number of carbonyl (C=O) groups is 4. The number of amidine groups is 1. The van der Waals surface area contributed by atoms with Crippen LogP contribution in [0, 0.1) is 23.2 Å². The fourth-order valence-corrected chi connectivity index (χ4v) is 18.7. The molecule has 2 aromatic carbocycles. The summed E-state index contributed by atoms with van der Waals surface area (Å²) in [5.41, 5.74) is 6.48. The number of halogens is 1. The van der Waals surface area contributed by atoms with Gasteiger partial charge in [0.1, 0.15) is 59.6 Å². The summed E-state index contributed by atoms with van der Waals surface area (Å²) in [6, 6.07) is 13.8. The lowest BCUT2D eigenvalue weighted by Gasteiger charge is -2.28. The molecule has 642 valence electrons. The summed E-state index contributed by atoms with van der Waals surface area (Å²) < 4.78 is 144. The highest BCUT2D eigenvalue weighted by atomic mass is 127. The maximum absolute atomic E-state index is 13.0. The minimum atomic E-state index is -5.76. The van der Waals surface area contributed by atoms with Crippen molar-refractivity contribution in [3.8, 4) is 11.8 Å². The highest BCUT2D eigenvalue weighted by molar-refractivity contribution is 14.1. The lowest BCUT2D eigenvalue weighted by Crippen LogP contribution is -2.48. The van der Waals surface area contributed by atoms with Crippen LogP contribution in [0.15, 0.2) is 100 Å². The van der Waals surface area contributed by atoms with Gasteiger partial charge in [-0.2, -0.15) is 29.1 Å². The number of likely N-dealkylation sites (N-methyl/N-ethyl adjacent to an activating group) is 1. The van der Waals surface area contributed by atoms with E-state index in [-0.39, 0.29) is 64.2 Å². The van der Waals surface area contributed by atoms with Crippen molar-refractivity contribution in [2.75, 3.05) is 102 Å². The van der Waals surface area contributed by atoms with E-state index < -0.39 is 114 Å². The van der Waals surface area contributed by atoms with Crippen LogP contribution in [0.2, 0.25) is 0 Å². The Bertz CT molecular complexity index is 4370. The summed E-state index contributed by atoms with van der Waals surface area (Å²) in [5, 5.41) is 15.8. The number of hydrogen-bond donors (Lipinski definition) is 8. The molecule has 0 aromatic heterocycles. The van der Waals surface area contributed by atoms with E-state index >= 15 is 0 Å². The molecule has 1 saturated heterocycles. The number of ether oxygens (including phenoxy) is 7. The van der Waals surface area contributed by atoms with E-state index in [4.69, 9.17) is 79.2 Å². The van der Waals surface area contributed by atoms with E-state index in [1.54, 1.807) is 40.0 Å². The predicted octanol–water partition coefficient (Wildman–Crippen LogP) is 9.81. The van der Waals surface area contributed by atoms with Crippen LogP contribution in [0.3, 0.4) is 0 Å². The number of phosphoric ester groups is 1. The maximum atomic E-state index is 13.0. The first kappa shape index (κ1) is 101. The van der Waals surface area contributed by atoms with E-state index in [1.807, 2.05) is 13.0 Å².